The Morgan fingerprint density at radius 3 is 1.16 bits per heavy atom. The van der Waals surface area contributed by atoms with E-state index >= 15 is 0 Å². The molecule has 0 rings (SSSR count). The quantitative estimate of drug-likeness (QED) is 0.0199. The number of hydrogen-bond donors (Lipinski definition) is 0. The summed E-state index contributed by atoms with van der Waals surface area (Å²) in [5.74, 6) is -1.03. The lowest BCUT2D eigenvalue weighted by molar-refractivity contribution is -0.167. The van der Waals surface area contributed by atoms with Gasteiger partial charge >= 0.3 is 17.9 Å². The fourth-order valence-electron chi connectivity index (χ4n) is 7.01. The van der Waals surface area contributed by atoms with E-state index in [0.29, 0.717) is 19.3 Å². The molecule has 0 spiro atoms. The fourth-order valence-corrected chi connectivity index (χ4v) is 7.01. The molecule has 1 atom stereocenters. The number of carbonyl (C=O) groups excluding carboxylic acids is 3. The molecule has 0 saturated carbocycles. The van der Waals surface area contributed by atoms with Crippen molar-refractivity contribution in [2.45, 2.75) is 232 Å². The maximum atomic E-state index is 12.8. The average molecular weight is 927 g/mol. The van der Waals surface area contributed by atoms with Gasteiger partial charge in [-0.05, 0) is 103 Å². The lowest BCUT2D eigenvalue weighted by atomic mass is 10.1. The number of unbranched alkanes of at least 4 members (excludes halogenated alkanes) is 19. The SMILES string of the molecule is CC\C=C/C=C\C=C/C=C\CCCCCC(=O)OCC(COC(=O)CCCCCCCCC/C=C\CCCCCCCCCC)OC(=O)CCC/C=C\C/C=C\C/C=C\C/C=C\C/C=C\CC. The van der Waals surface area contributed by atoms with Crippen LogP contribution in [0.4, 0.5) is 0 Å². The number of rotatable bonds is 47. The summed E-state index contributed by atoms with van der Waals surface area (Å²) < 4.78 is 16.7. The number of carbonyl (C=O) groups is 3. The van der Waals surface area contributed by atoms with Gasteiger partial charge in [0.05, 0.1) is 0 Å². The largest absolute Gasteiger partial charge is 0.462 e. The Balaban J connectivity index is 4.52. The standard InChI is InChI=1S/C61H98O6/c1-4-7-10-13-16-19-22-25-27-29-30-32-33-36-39-42-45-48-51-54-60(63)66-57-58(56-65-59(62)53-50-47-44-41-38-35-24-21-18-15-12-9-6-3)67-61(64)55-52-49-46-43-40-37-34-31-28-26-23-20-17-14-11-8-5-2/h8-9,11-12,15,17-18,20-21,24,26,28-30,34-35,37-38,43,46,58H,4-7,10,13-14,16,19,22-23,25,27,31-33,36,39-42,44-45,47-57H2,1-3H3/b11-8-,12-9-,18-15-,20-17-,24-21-,28-26-,30-29-,37-34-,38-35-,46-43-. The lowest BCUT2D eigenvalue weighted by Gasteiger charge is -2.18. The predicted octanol–water partition coefficient (Wildman–Crippen LogP) is 18.1. The van der Waals surface area contributed by atoms with Gasteiger partial charge in [0.1, 0.15) is 13.2 Å². The summed E-state index contributed by atoms with van der Waals surface area (Å²) in [4.78, 5) is 38.0. The summed E-state index contributed by atoms with van der Waals surface area (Å²) in [6.07, 6.45) is 74.8. The molecular weight excluding hydrogens is 829 g/mol. The molecule has 0 heterocycles. The first-order valence-corrected chi connectivity index (χ1v) is 27.1. The van der Waals surface area contributed by atoms with Gasteiger partial charge in [-0.2, -0.15) is 0 Å². The fraction of sp³-hybridized carbons (Fsp3) is 0.623. The highest BCUT2D eigenvalue weighted by Gasteiger charge is 2.19. The summed E-state index contributed by atoms with van der Waals surface area (Å²) in [5, 5.41) is 0. The van der Waals surface area contributed by atoms with Gasteiger partial charge in [0.2, 0.25) is 0 Å². The highest BCUT2D eigenvalue weighted by Crippen LogP contribution is 2.13. The van der Waals surface area contributed by atoms with Crippen LogP contribution >= 0.6 is 0 Å². The molecule has 67 heavy (non-hydrogen) atoms. The molecule has 0 bridgehead atoms. The summed E-state index contributed by atoms with van der Waals surface area (Å²) in [5.41, 5.74) is 0. The molecule has 0 aromatic carbocycles. The van der Waals surface area contributed by atoms with E-state index in [4.69, 9.17) is 14.2 Å². The maximum absolute atomic E-state index is 12.8. The Labute approximate surface area is 412 Å². The molecule has 0 aliphatic heterocycles. The smallest absolute Gasteiger partial charge is 0.306 e. The van der Waals surface area contributed by atoms with Gasteiger partial charge in [-0.1, -0.05) is 226 Å². The zero-order valence-electron chi connectivity index (χ0n) is 43.1. The third kappa shape index (κ3) is 52.6. The van der Waals surface area contributed by atoms with Crippen LogP contribution in [0, 0.1) is 0 Å². The van der Waals surface area contributed by atoms with Crippen molar-refractivity contribution in [3.8, 4) is 0 Å². The Morgan fingerprint density at radius 2 is 0.672 bits per heavy atom. The lowest BCUT2D eigenvalue weighted by Crippen LogP contribution is -2.30. The number of esters is 3. The van der Waals surface area contributed by atoms with Crippen LogP contribution in [-0.4, -0.2) is 37.2 Å². The molecule has 0 aromatic heterocycles. The minimum Gasteiger partial charge on any atom is -0.462 e. The van der Waals surface area contributed by atoms with Crippen LogP contribution in [0.15, 0.2) is 122 Å². The van der Waals surface area contributed by atoms with E-state index in [-0.39, 0.29) is 37.5 Å². The van der Waals surface area contributed by atoms with Gasteiger partial charge in [0.25, 0.3) is 0 Å². The molecule has 378 valence electrons. The van der Waals surface area contributed by atoms with Crippen molar-refractivity contribution in [2.24, 2.45) is 0 Å². The second-order valence-electron chi connectivity index (χ2n) is 17.5. The molecule has 1 unspecified atom stereocenters. The normalized spacial score (nSPS) is 13.1. The van der Waals surface area contributed by atoms with Crippen LogP contribution < -0.4 is 0 Å². The Morgan fingerprint density at radius 1 is 0.328 bits per heavy atom. The third-order valence-electron chi connectivity index (χ3n) is 11.0. The molecule has 0 fully saturated rings. The van der Waals surface area contributed by atoms with Crippen LogP contribution in [-0.2, 0) is 28.6 Å². The second-order valence-corrected chi connectivity index (χ2v) is 17.5. The topological polar surface area (TPSA) is 78.9 Å². The van der Waals surface area contributed by atoms with Crippen LogP contribution in [0.3, 0.4) is 0 Å². The zero-order chi connectivity index (χ0) is 48.6. The molecule has 6 heteroatoms. The molecule has 0 N–H and O–H groups in total. The average Bonchev–Trinajstić information content (AvgIpc) is 3.33. The molecule has 0 aliphatic rings. The first kappa shape index (κ1) is 62.8. The van der Waals surface area contributed by atoms with Crippen molar-refractivity contribution in [3.63, 3.8) is 0 Å². The van der Waals surface area contributed by atoms with Crippen LogP contribution in [0.5, 0.6) is 0 Å². The van der Waals surface area contributed by atoms with Crippen molar-refractivity contribution in [1.82, 2.24) is 0 Å². The van der Waals surface area contributed by atoms with Gasteiger partial charge in [0.15, 0.2) is 6.10 Å². The van der Waals surface area contributed by atoms with Crippen molar-refractivity contribution < 1.29 is 28.6 Å². The first-order chi connectivity index (χ1) is 33.0. The predicted molar refractivity (Wildman–Crippen MR) is 288 cm³/mol. The Bertz CT molecular complexity index is 1440. The second kappa shape index (κ2) is 54.4. The van der Waals surface area contributed by atoms with Crippen molar-refractivity contribution in [1.29, 1.82) is 0 Å². The molecule has 0 saturated heterocycles. The molecule has 0 radical (unpaired) electrons. The Hall–Kier alpha value is -4.19. The van der Waals surface area contributed by atoms with E-state index in [9.17, 15) is 14.4 Å². The summed E-state index contributed by atoms with van der Waals surface area (Å²) in [6.45, 7) is 6.29. The minimum atomic E-state index is -0.829. The van der Waals surface area contributed by atoms with Gasteiger partial charge in [-0.3, -0.25) is 14.4 Å². The van der Waals surface area contributed by atoms with E-state index in [0.717, 1.165) is 89.9 Å². The summed E-state index contributed by atoms with van der Waals surface area (Å²) in [6, 6.07) is 0. The number of hydrogen-bond acceptors (Lipinski definition) is 6. The third-order valence-corrected chi connectivity index (χ3v) is 11.0. The molecule has 0 aromatic rings. The van der Waals surface area contributed by atoms with Crippen molar-refractivity contribution in [2.75, 3.05) is 13.2 Å². The van der Waals surface area contributed by atoms with E-state index in [2.05, 4.69) is 106 Å². The number of ether oxygens (including phenoxy) is 3. The summed E-state index contributed by atoms with van der Waals surface area (Å²) >= 11 is 0. The van der Waals surface area contributed by atoms with E-state index in [1.165, 1.54) is 89.9 Å². The van der Waals surface area contributed by atoms with Gasteiger partial charge < -0.3 is 14.2 Å². The van der Waals surface area contributed by atoms with Crippen molar-refractivity contribution in [3.05, 3.63) is 122 Å². The van der Waals surface area contributed by atoms with Crippen LogP contribution in [0.25, 0.3) is 0 Å². The monoisotopic (exact) mass is 927 g/mol. The zero-order valence-corrected chi connectivity index (χ0v) is 43.1. The summed E-state index contributed by atoms with van der Waals surface area (Å²) in [7, 11) is 0. The number of allylic oxidation sites excluding steroid dienone is 20. The Kier molecular flexibility index (Phi) is 51.0. The van der Waals surface area contributed by atoms with Gasteiger partial charge in [0, 0.05) is 19.3 Å². The van der Waals surface area contributed by atoms with Crippen LogP contribution in [0.2, 0.25) is 0 Å². The van der Waals surface area contributed by atoms with Crippen molar-refractivity contribution >= 4 is 17.9 Å². The molecule has 0 aliphatic carbocycles. The maximum Gasteiger partial charge on any atom is 0.306 e. The molecule has 6 nitrogen and oxygen atoms in total. The van der Waals surface area contributed by atoms with Crippen LogP contribution in [0.1, 0.15) is 226 Å². The van der Waals surface area contributed by atoms with E-state index < -0.39 is 6.10 Å². The van der Waals surface area contributed by atoms with E-state index in [1.54, 1.807) is 0 Å². The van der Waals surface area contributed by atoms with Gasteiger partial charge in [-0.25, -0.2) is 0 Å². The molecule has 0 amide bonds. The van der Waals surface area contributed by atoms with Gasteiger partial charge in [-0.15, -0.1) is 0 Å². The van der Waals surface area contributed by atoms with E-state index in [1.807, 2.05) is 36.5 Å². The highest BCUT2D eigenvalue weighted by molar-refractivity contribution is 5.71. The minimum absolute atomic E-state index is 0.119. The molecular formula is C61H98O6. The highest BCUT2D eigenvalue weighted by atomic mass is 16.6. The first-order valence-electron chi connectivity index (χ1n) is 27.1.